The standard InChI is InChI=1S/C34H39N3OS/c1-4-27-17-20-31(21-18-27)39-36-33-22-19-29-15-11-16-30(25-32(29)33)37(23-10-6-7-12-26(2)35-3)34(38)24-28-13-8-5-9-14-28/h5-9,12-18,20-21,25,33,36H,3-4,10-11,19,22-24H2,1-2H3/b7-6-,26-12-. The van der Waals surface area contributed by atoms with E-state index in [1.165, 1.54) is 21.6 Å². The number of nitrogens with one attached hydrogen (secondary N) is 1. The number of hydrogen-bond donors (Lipinski definition) is 1. The highest BCUT2D eigenvalue weighted by molar-refractivity contribution is 7.97. The number of carbonyl (C=O) groups is 1. The molecule has 0 heterocycles. The summed E-state index contributed by atoms with van der Waals surface area (Å²) in [5.74, 6) is 0.119. The van der Waals surface area contributed by atoms with Crippen molar-refractivity contribution in [3.63, 3.8) is 0 Å². The van der Waals surface area contributed by atoms with Crippen molar-refractivity contribution in [2.45, 2.75) is 63.3 Å². The van der Waals surface area contributed by atoms with Gasteiger partial charge in [0.1, 0.15) is 0 Å². The van der Waals surface area contributed by atoms with Gasteiger partial charge in [-0.05, 0) is 104 Å². The van der Waals surface area contributed by atoms with E-state index in [1.807, 2.05) is 54.3 Å². The van der Waals surface area contributed by atoms with Gasteiger partial charge < -0.3 is 4.90 Å². The summed E-state index contributed by atoms with van der Waals surface area (Å²) in [6.07, 6.45) is 18.0. The second-order valence-corrected chi connectivity index (χ2v) is 10.8. The molecule has 1 atom stereocenters. The SMILES string of the molecule is C=N/C(C)=C\C=C/CCN(C(=O)Cc1ccccc1)C1=CCC=C2CCC(NSc3ccc(CC)cc3)C2=C1. The molecule has 1 N–H and O–H groups in total. The van der Waals surface area contributed by atoms with Gasteiger partial charge in [-0.1, -0.05) is 73.7 Å². The summed E-state index contributed by atoms with van der Waals surface area (Å²) < 4.78 is 3.71. The van der Waals surface area contributed by atoms with Crippen LogP contribution < -0.4 is 4.72 Å². The average Bonchev–Trinajstić information content (AvgIpc) is 3.22. The minimum atomic E-state index is 0.119. The van der Waals surface area contributed by atoms with Gasteiger partial charge in [0, 0.05) is 28.9 Å². The lowest BCUT2D eigenvalue weighted by Gasteiger charge is -2.25. The third-order valence-electron chi connectivity index (χ3n) is 7.15. The van der Waals surface area contributed by atoms with Crippen molar-refractivity contribution in [1.29, 1.82) is 0 Å². The molecule has 1 amide bonds. The van der Waals surface area contributed by atoms with Crippen molar-refractivity contribution in [2.75, 3.05) is 6.54 Å². The fourth-order valence-electron chi connectivity index (χ4n) is 4.84. The Kier molecular flexibility index (Phi) is 10.8. The minimum Gasteiger partial charge on any atom is -0.312 e. The van der Waals surface area contributed by atoms with Gasteiger partial charge in [0.25, 0.3) is 0 Å². The summed E-state index contributed by atoms with van der Waals surface area (Å²) in [6, 6.07) is 19.0. The van der Waals surface area contributed by atoms with E-state index in [2.05, 4.69) is 71.9 Å². The van der Waals surface area contributed by atoms with Crippen molar-refractivity contribution >= 4 is 24.6 Å². The summed E-state index contributed by atoms with van der Waals surface area (Å²) in [5, 5.41) is 0. The molecular weight excluding hydrogens is 498 g/mol. The smallest absolute Gasteiger partial charge is 0.231 e. The monoisotopic (exact) mass is 537 g/mol. The molecule has 2 aliphatic carbocycles. The molecule has 0 spiro atoms. The molecule has 2 aliphatic rings. The minimum absolute atomic E-state index is 0.119. The molecule has 5 heteroatoms. The van der Waals surface area contributed by atoms with E-state index in [0.29, 0.717) is 13.0 Å². The average molecular weight is 538 g/mol. The van der Waals surface area contributed by atoms with Gasteiger partial charge in [0.2, 0.25) is 5.91 Å². The molecule has 39 heavy (non-hydrogen) atoms. The van der Waals surface area contributed by atoms with Crippen LogP contribution in [0.5, 0.6) is 0 Å². The van der Waals surface area contributed by atoms with E-state index in [4.69, 9.17) is 0 Å². The first-order valence-corrected chi connectivity index (χ1v) is 14.7. The van der Waals surface area contributed by atoms with Gasteiger partial charge in [0.05, 0.1) is 6.42 Å². The molecular formula is C34H39N3OS. The number of carbonyl (C=O) groups excluding carboxylic acids is 1. The summed E-state index contributed by atoms with van der Waals surface area (Å²) in [7, 11) is 0. The van der Waals surface area contributed by atoms with Crippen LogP contribution in [0.1, 0.15) is 50.7 Å². The van der Waals surface area contributed by atoms with Gasteiger partial charge in [-0.25, -0.2) is 0 Å². The molecule has 4 rings (SSSR count). The lowest BCUT2D eigenvalue weighted by molar-refractivity contribution is -0.128. The highest BCUT2D eigenvalue weighted by Gasteiger charge is 2.28. The van der Waals surface area contributed by atoms with Crippen LogP contribution >= 0.6 is 11.9 Å². The van der Waals surface area contributed by atoms with Crippen LogP contribution in [0, 0.1) is 0 Å². The molecule has 0 aromatic heterocycles. The first kappa shape index (κ1) is 28.6. The van der Waals surface area contributed by atoms with E-state index in [9.17, 15) is 4.79 Å². The van der Waals surface area contributed by atoms with E-state index in [0.717, 1.165) is 49.1 Å². The Morgan fingerprint density at radius 1 is 1.13 bits per heavy atom. The number of aliphatic imine (C=N–C) groups is 1. The Morgan fingerprint density at radius 2 is 1.92 bits per heavy atom. The van der Waals surface area contributed by atoms with Crippen molar-refractivity contribution in [1.82, 2.24) is 9.62 Å². The predicted molar refractivity (Wildman–Crippen MR) is 166 cm³/mol. The van der Waals surface area contributed by atoms with Crippen LogP contribution in [0.3, 0.4) is 0 Å². The zero-order valence-corrected chi connectivity index (χ0v) is 23.9. The summed E-state index contributed by atoms with van der Waals surface area (Å²) >= 11 is 1.70. The first-order chi connectivity index (χ1) is 19.1. The van der Waals surface area contributed by atoms with Crippen molar-refractivity contribution in [3.05, 3.63) is 125 Å². The largest absolute Gasteiger partial charge is 0.312 e. The number of fused-ring (bicyclic) bond motifs is 1. The molecule has 0 bridgehead atoms. The van der Waals surface area contributed by atoms with E-state index < -0.39 is 0 Å². The Hall–Kier alpha value is -3.41. The Labute approximate surface area is 238 Å². The van der Waals surface area contributed by atoms with Crippen LogP contribution in [0.4, 0.5) is 0 Å². The van der Waals surface area contributed by atoms with E-state index in [-0.39, 0.29) is 11.9 Å². The third-order valence-corrected chi connectivity index (χ3v) is 8.06. The Bertz CT molecular complexity index is 1290. The van der Waals surface area contributed by atoms with Crippen LogP contribution in [-0.4, -0.2) is 30.1 Å². The van der Waals surface area contributed by atoms with Gasteiger partial charge in [0.15, 0.2) is 0 Å². The quantitative estimate of drug-likeness (QED) is 0.171. The van der Waals surface area contributed by atoms with Crippen molar-refractivity contribution in [2.24, 2.45) is 4.99 Å². The van der Waals surface area contributed by atoms with Crippen molar-refractivity contribution < 1.29 is 4.79 Å². The lowest BCUT2D eigenvalue weighted by atomic mass is 10.1. The predicted octanol–water partition coefficient (Wildman–Crippen LogP) is 7.77. The zero-order chi connectivity index (χ0) is 27.5. The number of nitrogens with zero attached hydrogens (tertiary/aromatic N) is 2. The van der Waals surface area contributed by atoms with Crippen LogP contribution in [-0.2, 0) is 17.6 Å². The van der Waals surface area contributed by atoms with Crippen LogP contribution in [0.15, 0.2) is 123 Å². The third kappa shape index (κ3) is 8.29. The summed E-state index contributed by atoms with van der Waals surface area (Å²) in [4.78, 5) is 20.8. The van der Waals surface area contributed by atoms with Gasteiger partial charge in [-0.15, -0.1) is 0 Å². The summed E-state index contributed by atoms with van der Waals surface area (Å²) in [5.41, 5.74) is 6.96. The molecule has 4 nitrogen and oxygen atoms in total. The molecule has 1 unspecified atom stereocenters. The molecule has 2 aromatic rings. The maximum Gasteiger partial charge on any atom is 0.231 e. The fourth-order valence-corrected chi connectivity index (χ4v) is 5.64. The Balaban J connectivity index is 1.51. The number of rotatable bonds is 12. The maximum absolute atomic E-state index is 13.6. The van der Waals surface area contributed by atoms with Crippen molar-refractivity contribution in [3.8, 4) is 0 Å². The van der Waals surface area contributed by atoms with E-state index in [1.54, 1.807) is 11.9 Å². The fraction of sp³-hybridized carbons (Fsp3) is 0.294. The van der Waals surface area contributed by atoms with Crippen LogP contribution in [0.25, 0.3) is 0 Å². The van der Waals surface area contributed by atoms with Crippen LogP contribution in [0.2, 0.25) is 0 Å². The second-order valence-electron chi connectivity index (χ2n) is 9.89. The lowest BCUT2D eigenvalue weighted by Crippen LogP contribution is -2.32. The number of aryl methyl sites for hydroxylation is 1. The normalized spacial score (nSPS) is 17.2. The highest BCUT2D eigenvalue weighted by Crippen LogP contribution is 2.36. The highest BCUT2D eigenvalue weighted by atomic mass is 32.2. The van der Waals surface area contributed by atoms with Gasteiger partial charge in [-0.3, -0.25) is 14.5 Å². The maximum atomic E-state index is 13.6. The van der Waals surface area contributed by atoms with Gasteiger partial charge in [-0.2, -0.15) is 0 Å². The Morgan fingerprint density at radius 3 is 2.67 bits per heavy atom. The van der Waals surface area contributed by atoms with E-state index >= 15 is 0 Å². The molecule has 1 saturated carbocycles. The summed E-state index contributed by atoms with van der Waals surface area (Å²) in [6.45, 7) is 8.28. The second kappa shape index (κ2) is 14.7. The molecule has 1 fully saturated rings. The molecule has 0 aliphatic heterocycles. The number of allylic oxidation sites excluding steroid dienone is 6. The number of benzene rings is 2. The molecule has 0 saturated heterocycles. The topological polar surface area (TPSA) is 44.7 Å². The number of hydrogen-bond acceptors (Lipinski definition) is 4. The molecule has 0 radical (unpaired) electrons. The first-order valence-electron chi connectivity index (χ1n) is 13.8. The number of amides is 1. The molecule has 202 valence electrons. The van der Waals surface area contributed by atoms with Gasteiger partial charge >= 0.3 is 0 Å². The zero-order valence-electron chi connectivity index (χ0n) is 23.1. The molecule has 2 aromatic carbocycles.